The number of nitrogens with zero attached hydrogens (tertiary/aromatic N) is 1. The van der Waals surface area contributed by atoms with Gasteiger partial charge >= 0.3 is 0 Å². The number of hydrogen-bond donors (Lipinski definition) is 1. The molecule has 1 N–H and O–H groups in total. The summed E-state index contributed by atoms with van der Waals surface area (Å²) in [7, 11) is 2.01. The van der Waals surface area contributed by atoms with E-state index in [1.165, 1.54) is 37.6 Å². The monoisotopic (exact) mass is 204 g/mol. The molecule has 0 aliphatic carbocycles. The minimum Gasteiger partial charge on any atom is -0.320 e. The molecule has 80 valence electrons. The van der Waals surface area contributed by atoms with Crippen molar-refractivity contribution in [1.82, 2.24) is 10.2 Å². The lowest BCUT2D eigenvalue weighted by atomic mass is 10.5. The molecule has 0 saturated heterocycles. The van der Waals surface area contributed by atoms with Crippen molar-refractivity contribution in [2.24, 2.45) is 0 Å². The van der Waals surface area contributed by atoms with Crippen molar-refractivity contribution in [3.8, 4) is 0 Å². The molecule has 0 atom stereocenters. The molecule has 0 spiro atoms. The van der Waals surface area contributed by atoms with Gasteiger partial charge in [0.2, 0.25) is 0 Å². The molecule has 0 amide bonds. The van der Waals surface area contributed by atoms with E-state index in [2.05, 4.69) is 35.8 Å². The van der Waals surface area contributed by atoms with Crippen LogP contribution < -0.4 is 5.32 Å². The first kappa shape index (κ1) is 13.3. The Balaban J connectivity index is 3.05. The summed E-state index contributed by atoms with van der Waals surface area (Å²) in [5, 5.41) is 3.17. The molecule has 0 saturated carbocycles. The molecule has 0 aliphatic rings. The van der Waals surface area contributed by atoms with Crippen molar-refractivity contribution >= 4 is 11.8 Å². The lowest BCUT2D eigenvalue weighted by Crippen LogP contribution is -2.25. The van der Waals surface area contributed by atoms with Crippen molar-refractivity contribution in [2.75, 3.05) is 44.7 Å². The molecule has 0 bridgehead atoms. The standard InChI is InChI=1S/C10H24N2S/c1-4-12(5-2)8-10-13-9-6-7-11-3/h11H,4-10H2,1-3H3. The molecule has 2 nitrogen and oxygen atoms in total. The molecule has 0 heterocycles. The minimum absolute atomic E-state index is 1.15. The van der Waals surface area contributed by atoms with Crippen LogP contribution in [0.15, 0.2) is 0 Å². The zero-order chi connectivity index (χ0) is 9.94. The molecule has 0 fully saturated rings. The van der Waals surface area contributed by atoms with Gasteiger partial charge in [-0.1, -0.05) is 13.8 Å². The van der Waals surface area contributed by atoms with Gasteiger partial charge < -0.3 is 10.2 Å². The summed E-state index contributed by atoms with van der Waals surface area (Å²) in [5.74, 6) is 2.58. The molecule has 3 heteroatoms. The van der Waals surface area contributed by atoms with E-state index in [0.717, 1.165) is 6.54 Å². The van der Waals surface area contributed by atoms with E-state index in [4.69, 9.17) is 0 Å². The summed E-state index contributed by atoms with van der Waals surface area (Å²) in [6.45, 7) is 9.24. The third-order valence-corrected chi connectivity index (χ3v) is 3.21. The molecule has 13 heavy (non-hydrogen) atoms. The number of rotatable bonds is 9. The van der Waals surface area contributed by atoms with Gasteiger partial charge in [0.05, 0.1) is 0 Å². The highest BCUT2D eigenvalue weighted by Crippen LogP contribution is 2.02. The van der Waals surface area contributed by atoms with Crippen LogP contribution in [0.4, 0.5) is 0 Å². The quantitative estimate of drug-likeness (QED) is 0.575. The smallest absolute Gasteiger partial charge is 0.00721 e. The fraction of sp³-hybridized carbons (Fsp3) is 1.00. The molecule has 0 aromatic rings. The summed E-state index contributed by atoms with van der Waals surface area (Å²) in [6, 6.07) is 0. The molecular weight excluding hydrogens is 180 g/mol. The van der Waals surface area contributed by atoms with Gasteiger partial charge in [-0.3, -0.25) is 0 Å². The van der Waals surface area contributed by atoms with E-state index < -0.39 is 0 Å². The van der Waals surface area contributed by atoms with Crippen LogP contribution >= 0.6 is 11.8 Å². The average Bonchev–Trinajstić information content (AvgIpc) is 2.17. The highest BCUT2D eigenvalue weighted by molar-refractivity contribution is 7.99. The normalized spacial score (nSPS) is 11.1. The van der Waals surface area contributed by atoms with Crippen LogP contribution in [0.3, 0.4) is 0 Å². The fourth-order valence-corrected chi connectivity index (χ4v) is 2.13. The van der Waals surface area contributed by atoms with Gasteiger partial charge in [0.25, 0.3) is 0 Å². The van der Waals surface area contributed by atoms with Crippen molar-refractivity contribution in [3.63, 3.8) is 0 Å². The van der Waals surface area contributed by atoms with E-state index in [9.17, 15) is 0 Å². The Kier molecular flexibility index (Phi) is 10.6. The molecule has 0 unspecified atom stereocenters. The predicted molar refractivity (Wildman–Crippen MR) is 63.7 cm³/mol. The average molecular weight is 204 g/mol. The maximum absolute atomic E-state index is 3.17. The van der Waals surface area contributed by atoms with Crippen LogP contribution in [0.2, 0.25) is 0 Å². The highest BCUT2D eigenvalue weighted by Gasteiger charge is 1.97. The van der Waals surface area contributed by atoms with Crippen molar-refractivity contribution in [1.29, 1.82) is 0 Å². The van der Waals surface area contributed by atoms with Crippen LogP contribution in [0.5, 0.6) is 0 Å². The van der Waals surface area contributed by atoms with Gasteiger partial charge in [0, 0.05) is 12.3 Å². The summed E-state index contributed by atoms with van der Waals surface area (Å²) in [5.41, 5.74) is 0. The Morgan fingerprint density at radius 1 is 1.15 bits per heavy atom. The number of nitrogens with one attached hydrogen (secondary N) is 1. The van der Waals surface area contributed by atoms with Gasteiger partial charge in [-0.05, 0) is 38.9 Å². The summed E-state index contributed by atoms with van der Waals surface area (Å²) in [6.07, 6.45) is 1.29. The van der Waals surface area contributed by atoms with Crippen LogP contribution in [0.25, 0.3) is 0 Å². The predicted octanol–water partition coefficient (Wildman–Crippen LogP) is 1.67. The van der Waals surface area contributed by atoms with Crippen LogP contribution in [-0.2, 0) is 0 Å². The van der Waals surface area contributed by atoms with Crippen molar-refractivity contribution in [3.05, 3.63) is 0 Å². The first-order valence-corrected chi connectivity index (χ1v) is 6.45. The molecule has 0 aliphatic heterocycles. The van der Waals surface area contributed by atoms with Gasteiger partial charge in [0.15, 0.2) is 0 Å². The van der Waals surface area contributed by atoms with E-state index in [1.54, 1.807) is 0 Å². The Morgan fingerprint density at radius 3 is 2.38 bits per heavy atom. The lowest BCUT2D eigenvalue weighted by molar-refractivity contribution is 0.324. The van der Waals surface area contributed by atoms with Gasteiger partial charge in [-0.15, -0.1) is 0 Å². The molecular formula is C10H24N2S. The largest absolute Gasteiger partial charge is 0.320 e. The summed E-state index contributed by atoms with van der Waals surface area (Å²) >= 11 is 2.07. The van der Waals surface area contributed by atoms with E-state index in [0.29, 0.717) is 0 Å². The second-order valence-corrected chi connectivity index (χ2v) is 4.32. The van der Waals surface area contributed by atoms with Crippen molar-refractivity contribution < 1.29 is 0 Å². The Bertz CT molecular complexity index is 94.9. The molecule has 0 aromatic heterocycles. The summed E-state index contributed by atoms with van der Waals surface area (Å²) < 4.78 is 0. The third kappa shape index (κ3) is 8.60. The second kappa shape index (κ2) is 10.4. The topological polar surface area (TPSA) is 15.3 Å². The van der Waals surface area contributed by atoms with E-state index >= 15 is 0 Å². The zero-order valence-corrected chi connectivity index (χ0v) is 10.1. The minimum atomic E-state index is 1.15. The number of thioether (sulfide) groups is 1. The summed E-state index contributed by atoms with van der Waals surface area (Å²) in [4.78, 5) is 2.48. The van der Waals surface area contributed by atoms with Crippen LogP contribution in [0, 0.1) is 0 Å². The number of hydrogen-bond acceptors (Lipinski definition) is 3. The Hall–Kier alpha value is 0.270. The maximum Gasteiger partial charge on any atom is 0.00721 e. The fourth-order valence-electron chi connectivity index (χ4n) is 1.19. The second-order valence-electron chi connectivity index (χ2n) is 3.10. The van der Waals surface area contributed by atoms with Crippen molar-refractivity contribution in [2.45, 2.75) is 20.3 Å². The highest BCUT2D eigenvalue weighted by atomic mass is 32.2. The first-order valence-electron chi connectivity index (χ1n) is 5.29. The van der Waals surface area contributed by atoms with Crippen LogP contribution in [0.1, 0.15) is 20.3 Å². The zero-order valence-electron chi connectivity index (χ0n) is 9.31. The van der Waals surface area contributed by atoms with Gasteiger partial charge in [-0.2, -0.15) is 11.8 Å². The Morgan fingerprint density at radius 2 is 1.85 bits per heavy atom. The first-order chi connectivity index (χ1) is 6.35. The lowest BCUT2D eigenvalue weighted by Gasteiger charge is -2.17. The molecule has 0 radical (unpaired) electrons. The van der Waals surface area contributed by atoms with Gasteiger partial charge in [0.1, 0.15) is 0 Å². The SMILES string of the molecule is CCN(CC)CCSCCCNC. The van der Waals surface area contributed by atoms with E-state index in [1.807, 2.05) is 7.05 Å². The molecule has 0 rings (SSSR count). The third-order valence-electron chi connectivity index (χ3n) is 2.16. The van der Waals surface area contributed by atoms with Gasteiger partial charge in [-0.25, -0.2) is 0 Å². The molecule has 0 aromatic carbocycles. The maximum atomic E-state index is 3.17. The Labute approximate surface area is 87.5 Å². The van der Waals surface area contributed by atoms with Crippen LogP contribution in [-0.4, -0.2) is 49.6 Å². The van der Waals surface area contributed by atoms with E-state index in [-0.39, 0.29) is 0 Å².